The van der Waals surface area contributed by atoms with E-state index in [9.17, 15) is 14.7 Å². The quantitative estimate of drug-likeness (QED) is 0.832. The number of hydrogen-bond acceptors (Lipinski definition) is 2. The molecule has 20 heavy (non-hydrogen) atoms. The van der Waals surface area contributed by atoms with E-state index >= 15 is 0 Å². The summed E-state index contributed by atoms with van der Waals surface area (Å²) in [5.41, 5.74) is 0.175. The molecule has 0 bridgehead atoms. The van der Waals surface area contributed by atoms with Crippen molar-refractivity contribution in [2.45, 2.75) is 59.9 Å². The molecule has 4 nitrogen and oxygen atoms in total. The highest BCUT2D eigenvalue weighted by Gasteiger charge is 2.65. The average molecular weight is 281 g/mol. The molecule has 2 saturated carbocycles. The molecule has 2 fully saturated rings. The largest absolute Gasteiger partial charge is 0.481 e. The Hall–Kier alpha value is -1.06. The van der Waals surface area contributed by atoms with E-state index in [1.807, 2.05) is 0 Å². The first-order valence-corrected chi connectivity index (χ1v) is 7.66. The van der Waals surface area contributed by atoms with Gasteiger partial charge in [0.1, 0.15) is 0 Å². The van der Waals surface area contributed by atoms with Crippen LogP contribution in [0, 0.1) is 28.6 Å². The lowest BCUT2D eigenvalue weighted by atomic mass is 9.95. The molecule has 2 aliphatic rings. The zero-order valence-corrected chi connectivity index (χ0v) is 13.2. The molecule has 0 aliphatic heterocycles. The number of rotatable bonds is 4. The molecule has 2 rings (SSSR count). The van der Waals surface area contributed by atoms with Gasteiger partial charge in [0.15, 0.2) is 0 Å². The second-order valence-electron chi connectivity index (χ2n) is 7.68. The predicted octanol–water partition coefficient (Wildman–Crippen LogP) is 2.67. The van der Waals surface area contributed by atoms with Gasteiger partial charge < -0.3 is 10.4 Å². The Balaban J connectivity index is 2.04. The fraction of sp³-hybridized carbons (Fsp3) is 0.875. The molecule has 2 N–H and O–H groups in total. The molecule has 0 heterocycles. The fourth-order valence-corrected chi connectivity index (χ4v) is 3.85. The first-order valence-electron chi connectivity index (χ1n) is 7.66. The van der Waals surface area contributed by atoms with Gasteiger partial charge in [-0.3, -0.25) is 9.59 Å². The minimum absolute atomic E-state index is 0.0583. The van der Waals surface area contributed by atoms with Gasteiger partial charge in [-0.2, -0.15) is 0 Å². The number of amides is 1. The molecule has 0 aromatic rings. The first kappa shape index (κ1) is 15.3. The Morgan fingerprint density at radius 1 is 1.10 bits per heavy atom. The maximum Gasteiger partial charge on any atom is 0.307 e. The number of hydrogen-bond donors (Lipinski definition) is 2. The van der Waals surface area contributed by atoms with E-state index < -0.39 is 11.9 Å². The molecule has 3 atom stereocenters. The third-order valence-corrected chi connectivity index (χ3v) is 6.20. The predicted molar refractivity (Wildman–Crippen MR) is 77.1 cm³/mol. The summed E-state index contributed by atoms with van der Waals surface area (Å²) in [5.74, 6) is -1.38. The van der Waals surface area contributed by atoms with E-state index in [-0.39, 0.29) is 28.7 Å². The van der Waals surface area contributed by atoms with Gasteiger partial charge in [0.05, 0.1) is 11.8 Å². The second kappa shape index (κ2) is 4.74. The van der Waals surface area contributed by atoms with E-state index in [1.54, 1.807) is 0 Å². The summed E-state index contributed by atoms with van der Waals surface area (Å²) >= 11 is 0. The van der Waals surface area contributed by atoms with Crippen LogP contribution in [-0.2, 0) is 9.59 Å². The van der Waals surface area contributed by atoms with Crippen molar-refractivity contribution in [3.63, 3.8) is 0 Å². The van der Waals surface area contributed by atoms with Crippen LogP contribution in [0.3, 0.4) is 0 Å². The molecule has 0 saturated heterocycles. The summed E-state index contributed by atoms with van der Waals surface area (Å²) in [4.78, 5) is 23.8. The summed E-state index contributed by atoms with van der Waals surface area (Å²) in [5, 5.41) is 12.4. The second-order valence-corrected chi connectivity index (χ2v) is 7.68. The van der Waals surface area contributed by atoms with Crippen LogP contribution in [0.5, 0.6) is 0 Å². The Morgan fingerprint density at radius 3 is 2.00 bits per heavy atom. The zero-order chi connectivity index (χ0) is 15.3. The third-order valence-electron chi connectivity index (χ3n) is 6.20. The topological polar surface area (TPSA) is 66.4 Å². The Bertz CT molecular complexity index is 413. The highest BCUT2D eigenvalue weighted by atomic mass is 16.4. The van der Waals surface area contributed by atoms with Crippen molar-refractivity contribution in [3.05, 3.63) is 0 Å². The molecule has 2 aliphatic carbocycles. The summed E-state index contributed by atoms with van der Waals surface area (Å²) in [6.45, 7) is 10.7. The van der Waals surface area contributed by atoms with Crippen LogP contribution >= 0.6 is 0 Å². The highest BCUT2D eigenvalue weighted by Crippen LogP contribution is 2.62. The summed E-state index contributed by atoms with van der Waals surface area (Å²) in [6, 6.07) is 0.151. The highest BCUT2D eigenvalue weighted by molar-refractivity contribution is 5.86. The summed E-state index contributed by atoms with van der Waals surface area (Å²) in [7, 11) is 0. The lowest BCUT2D eigenvalue weighted by Crippen LogP contribution is -2.38. The van der Waals surface area contributed by atoms with Crippen LogP contribution < -0.4 is 5.32 Å². The molecule has 0 aromatic carbocycles. The average Bonchev–Trinajstić information content (AvgIpc) is 2.74. The SMILES string of the molecule is CCC1CC(C(=O)O)C(C(=O)NC2C(C)(C)C2(C)C)C1. The van der Waals surface area contributed by atoms with Crippen molar-refractivity contribution in [2.24, 2.45) is 28.6 Å². The number of carboxylic acid groups (broad SMARTS) is 1. The Morgan fingerprint density at radius 2 is 1.60 bits per heavy atom. The van der Waals surface area contributed by atoms with Crippen LogP contribution in [0.4, 0.5) is 0 Å². The third kappa shape index (κ3) is 2.23. The normalized spacial score (nSPS) is 34.8. The zero-order valence-electron chi connectivity index (χ0n) is 13.2. The Labute approximate surface area is 121 Å². The molecule has 0 aromatic heterocycles. The van der Waals surface area contributed by atoms with Crippen LogP contribution in [0.1, 0.15) is 53.9 Å². The van der Waals surface area contributed by atoms with Gasteiger partial charge >= 0.3 is 5.97 Å². The lowest BCUT2D eigenvalue weighted by molar-refractivity contribution is -0.146. The van der Waals surface area contributed by atoms with Crippen molar-refractivity contribution in [3.8, 4) is 0 Å². The van der Waals surface area contributed by atoms with Gasteiger partial charge in [0.25, 0.3) is 0 Å². The molecule has 1 amide bonds. The van der Waals surface area contributed by atoms with Gasteiger partial charge in [0, 0.05) is 6.04 Å². The number of aliphatic carboxylic acids is 1. The number of nitrogens with one attached hydrogen (secondary N) is 1. The van der Waals surface area contributed by atoms with Crippen LogP contribution in [0.15, 0.2) is 0 Å². The first-order chi connectivity index (χ1) is 9.12. The minimum Gasteiger partial charge on any atom is -0.481 e. The van der Waals surface area contributed by atoms with E-state index in [2.05, 4.69) is 39.9 Å². The molecule has 3 unspecified atom stereocenters. The molecule has 0 radical (unpaired) electrons. The molecular formula is C16H27NO3. The van der Waals surface area contributed by atoms with Gasteiger partial charge in [-0.15, -0.1) is 0 Å². The van der Waals surface area contributed by atoms with E-state index in [1.165, 1.54) is 0 Å². The van der Waals surface area contributed by atoms with Gasteiger partial charge in [0.2, 0.25) is 5.91 Å². The summed E-state index contributed by atoms with van der Waals surface area (Å²) < 4.78 is 0. The number of carboxylic acids is 1. The molecular weight excluding hydrogens is 254 g/mol. The molecule has 0 spiro atoms. The van der Waals surface area contributed by atoms with Gasteiger partial charge in [-0.1, -0.05) is 41.0 Å². The fourth-order valence-electron chi connectivity index (χ4n) is 3.85. The monoisotopic (exact) mass is 281 g/mol. The van der Waals surface area contributed by atoms with E-state index in [0.29, 0.717) is 18.8 Å². The van der Waals surface area contributed by atoms with E-state index in [4.69, 9.17) is 0 Å². The minimum atomic E-state index is -0.824. The molecule has 4 heteroatoms. The van der Waals surface area contributed by atoms with E-state index in [0.717, 1.165) is 6.42 Å². The van der Waals surface area contributed by atoms with Crippen LogP contribution in [-0.4, -0.2) is 23.0 Å². The standard InChI is InChI=1S/C16H27NO3/c1-6-9-7-10(11(8-9)13(19)20)12(18)17-14-15(2,3)16(14,4)5/h9-11,14H,6-8H2,1-5H3,(H,17,18)(H,19,20). The van der Waals surface area contributed by atoms with Crippen molar-refractivity contribution in [1.82, 2.24) is 5.32 Å². The van der Waals surface area contributed by atoms with Crippen molar-refractivity contribution >= 4 is 11.9 Å². The van der Waals surface area contributed by atoms with Crippen LogP contribution in [0.25, 0.3) is 0 Å². The molecule has 114 valence electrons. The van der Waals surface area contributed by atoms with Gasteiger partial charge in [-0.05, 0) is 29.6 Å². The van der Waals surface area contributed by atoms with Crippen molar-refractivity contribution in [1.29, 1.82) is 0 Å². The maximum absolute atomic E-state index is 12.5. The number of carbonyl (C=O) groups is 2. The lowest BCUT2D eigenvalue weighted by Gasteiger charge is -2.16. The number of carbonyl (C=O) groups excluding carboxylic acids is 1. The maximum atomic E-state index is 12.5. The van der Waals surface area contributed by atoms with Crippen molar-refractivity contribution < 1.29 is 14.7 Å². The Kier molecular flexibility index (Phi) is 3.64. The van der Waals surface area contributed by atoms with Gasteiger partial charge in [-0.25, -0.2) is 0 Å². The van der Waals surface area contributed by atoms with Crippen molar-refractivity contribution in [2.75, 3.05) is 0 Å². The smallest absolute Gasteiger partial charge is 0.307 e. The van der Waals surface area contributed by atoms with Crippen LogP contribution in [0.2, 0.25) is 0 Å². The summed E-state index contributed by atoms with van der Waals surface area (Å²) in [6.07, 6.45) is 2.31.